The summed E-state index contributed by atoms with van der Waals surface area (Å²) in [5.74, 6) is -1.11. The number of carboxylic acid groups (broad SMARTS) is 1. The van der Waals surface area contributed by atoms with Gasteiger partial charge < -0.3 is 19.3 Å². The Bertz CT molecular complexity index is 2020. The maximum atomic E-state index is 13.3. The summed E-state index contributed by atoms with van der Waals surface area (Å²) in [6.45, 7) is 0. The molecule has 0 spiro atoms. The zero-order valence-electron chi connectivity index (χ0n) is 27.7. The molecule has 1 aromatic heterocycles. The summed E-state index contributed by atoms with van der Waals surface area (Å²) in [6, 6.07) is 27.6. The van der Waals surface area contributed by atoms with Gasteiger partial charge in [0.05, 0.1) is 39.0 Å². The molecule has 5 rings (SSSR count). The Labute approximate surface area is 301 Å². The molecule has 0 fully saturated rings. The largest absolute Gasteiger partial charge is 0.497 e. The first-order valence-electron chi connectivity index (χ1n) is 15.3. The molecule has 0 unspecified atom stereocenters. The highest BCUT2D eigenvalue weighted by Crippen LogP contribution is 2.28. The smallest absolute Gasteiger partial charge is 0.303 e. The SMILES string of the molecule is COc1ccc(C(=O)Nn2c(CCC(=O)O)ccc2-c2ccc(F)cc2)cc1OC.COc1cccc(C(=O)NNC(=O)c2ccccc2Br)c1. The molecule has 12 nitrogen and oxygen atoms in total. The number of carboxylic acids is 1. The number of hydrazine groups is 1. The van der Waals surface area contributed by atoms with Crippen LogP contribution in [0.2, 0.25) is 0 Å². The highest BCUT2D eigenvalue weighted by Gasteiger charge is 2.17. The number of nitrogens with zero attached hydrogens (tertiary/aromatic N) is 1. The van der Waals surface area contributed by atoms with Gasteiger partial charge in [0, 0.05) is 33.3 Å². The number of nitrogens with one attached hydrogen (secondary N) is 3. The van der Waals surface area contributed by atoms with Crippen molar-refractivity contribution in [2.75, 3.05) is 26.8 Å². The van der Waals surface area contributed by atoms with E-state index in [0.29, 0.717) is 55.4 Å². The van der Waals surface area contributed by atoms with Crippen LogP contribution < -0.4 is 30.5 Å². The molecule has 14 heteroatoms. The fourth-order valence-corrected chi connectivity index (χ4v) is 5.16. The number of aliphatic carboxylic acids is 1. The fraction of sp³-hybridized carbons (Fsp3) is 0.135. The van der Waals surface area contributed by atoms with Crippen molar-refractivity contribution in [3.63, 3.8) is 0 Å². The molecule has 0 radical (unpaired) electrons. The summed E-state index contributed by atoms with van der Waals surface area (Å²) in [5.41, 5.74) is 10.6. The van der Waals surface area contributed by atoms with Crippen LogP contribution in [0, 0.1) is 5.82 Å². The molecule has 1 heterocycles. The van der Waals surface area contributed by atoms with Crippen LogP contribution in [0.3, 0.4) is 0 Å². The number of carbonyl (C=O) groups excluding carboxylic acids is 3. The number of rotatable bonds is 11. The molecule has 0 atom stereocenters. The van der Waals surface area contributed by atoms with Crippen LogP contribution in [-0.4, -0.2) is 54.8 Å². The van der Waals surface area contributed by atoms with Crippen LogP contribution in [0.5, 0.6) is 17.2 Å². The van der Waals surface area contributed by atoms with Crippen molar-refractivity contribution >= 4 is 39.6 Å². The minimum atomic E-state index is -0.947. The van der Waals surface area contributed by atoms with Gasteiger partial charge in [-0.1, -0.05) is 18.2 Å². The first kappa shape index (κ1) is 37.7. The van der Waals surface area contributed by atoms with Gasteiger partial charge in [0.15, 0.2) is 11.5 Å². The molecule has 0 saturated heterocycles. The number of methoxy groups -OCH3 is 3. The molecule has 5 aromatic rings. The van der Waals surface area contributed by atoms with Crippen molar-refractivity contribution in [2.24, 2.45) is 0 Å². The Kier molecular flexibility index (Phi) is 13.3. The number of benzene rings is 4. The molecule has 4 N–H and O–H groups in total. The van der Waals surface area contributed by atoms with Crippen LogP contribution in [0.1, 0.15) is 43.2 Å². The van der Waals surface area contributed by atoms with E-state index in [1.165, 1.54) is 38.1 Å². The van der Waals surface area contributed by atoms with E-state index in [0.717, 1.165) is 0 Å². The number of ether oxygens (including phenoxy) is 3. The van der Waals surface area contributed by atoms with Crippen molar-refractivity contribution in [3.05, 3.63) is 136 Å². The summed E-state index contributed by atoms with van der Waals surface area (Å²) >= 11 is 3.28. The second-order valence-electron chi connectivity index (χ2n) is 10.6. The first-order chi connectivity index (χ1) is 24.5. The minimum absolute atomic E-state index is 0.0981. The van der Waals surface area contributed by atoms with Crippen LogP contribution in [0.25, 0.3) is 11.3 Å². The Morgan fingerprint density at radius 3 is 2.08 bits per heavy atom. The second-order valence-corrected chi connectivity index (χ2v) is 11.4. The van der Waals surface area contributed by atoms with Crippen molar-refractivity contribution in [1.29, 1.82) is 0 Å². The summed E-state index contributed by atoms with van der Waals surface area (Å²) < 4.78 is 31.0. The van der Waals surface area contributed by atoms with E-state index in [-0.39, 0.29) is 18.7 Å². The fourth-order valence-electron chi connectivity index (χ4n) is 4.69. The number of aryl methyl sites for hydroxylation is 1. The van der Waals surface area contributed by atoms with E-state index in [2.05, 4.69) is 32.2 Å². The monoisotopic (exact) mass is 760 g/mol. The maximum absolute atomic E-state index is 13.3. The van der Waals surface area contributed by atoms with Gasteiger partial charge in [0.2, 0.25) is 0 Å². The summed E-state index contributed by atoms with van der Waals surface area (Å²) in [6.07, 6.45) is 0.113. The molecule has 264 valence electrons. The molecule has 51 heavy (non-hydrogen) atoms. The lowest BCUT2D eigenvalue weighted by Crippen LogP contribution is -2.41. The zero-order chi connectivity index (χ0) is 36.9. The molecule has 3 amide bonds. The summed E-state index contributed by atoms with van der Waals surface area (Å²) in [7, 11) is 4.50. The van der Waals surface area contributed by atoms with Gasteiger partial charge in [0.1, 0.15) is 11.6 Å². The molecule has 0 bridgehead atoms. The van der Waals surface area contributed by atoms with Gasteiger partial charge in [-0.15, -0.1) is 0 Å². The molecule has 0 aliphatic carbocycles. The molecule has 4 aromatic carbocycles. The van der Waals surface area contributed by atoms with E-state index in [9.17, 15) is 23.6 Å². The maximum Gasteiger partial charge on any atom is 0.303 e. The number of amides is 3. The van der Waals surface area contributed by atoms with E-state index in [1.54, 1.807) is 91.0 Å². The van der Waals surface area contributed by atoms with Crippen LogP contribution in [-0.2, 0) is 11.2 Å². The molecular formula is C37H34BrFN4O8. The number of hydrogen-bond acceptors (Lipinski definition) is 7. The zero-order valence-corrected chi connectivity index (χ0v) is 29.3. The number of aromatic nitrogens is 1. The predicted molar refractivity (Wildman–Crippen MR) is 191 cm³/mol. The van der Waals surface area contributed by atoms with E-state index < -0.39 is 23.7 Å². The van der Waals surface area contributed by atoms with E-state index in [4.69, 9.17) is 19.3 Å². The van der Waals surface area contributed by atoms with Crippen LogP contribution in [0.15, 0.2) is 108 Å². The number of carbonyl (C=O) groups is 4. The Morgan fingerprint density at radius 1 is 0.725 bits per heavy atom. The standard InChI is InChI=1S/C22H21FN2O5.C15H13BrN2O3/c1-29-19-11-5-15(13-20(19)30-2)22(28)24-25-17(9-12-21(26)27)8-10-18(25)14-3-6-16(23)7-4-14;1-21-11-6-4-5-10(9-11)14(19)17-18-15(20)12-7-2-3-8-13(12)16/h3-8,10-11,13H,9,12H2,1-2H3,(H,24,28)(H,26,27);2-9H,1H3,(H,17,19)(H,18,20). The second kappa shape index (κ2) is 18.0. The van der Waals surface area contributed by atoms with E-state index in [1.807, 2.05) is 0 Å². The van der Waals surface area contributed by atoms with Crippen LogP contribution in [0.4, 0.5) is 4.39 Å². The average Bonchev–Trinajstić information content (AvgIpc) is 3.54. The van der Waals surface area contributed by atoms with E-state index >= 15 is 0 Å². The van der Waals surface area contributed by atoms with Crippen molar-refractivity contribution in [2.45, 2.75) is 12.8 Å². The topological polar surface area (TPSA) is 157 Å². The third-order valence-electron chi connectivity index (χ3n) is 7.30. The van der Waals surface area contributed by atoms with Gasteiger partial charge in [-0.3, -0.25) is 40.1 Å². The predicted octanol–water partition coefficient (Wildman–Crippen LogP) is 6.25. The lowest BCUT2D eigenvalue weighted by atomic mass is 10.1. The third-order valence-corrected chi connectivity index (χ3v) is 7.99. The lowest BCUT2D eigenvalue weighted by molar-refractivity contribution is -0.137. The number of hydrogen-bond donors (Lipinski definition) is 4. The van der Waals surface area contributed by atoms with Gasteiger partial charge in [-0.05, 0) is 101 Å². The molecular weight excluding hydrogens is 727 g/mol. The normalized spacial score (nSPS) is 10.2. The Morgan fingerprint density at radius 2 is 1.41 bits per heavy atom. The quantitative estimate of drug-likeness (QED) is 0.115. The van der Waals surface area contributed by atoms with Crippen molar-refractivity contribution in [3.8, 4) is 28.5 Å². The third kappa shape index (κ3) is 10.2. The molecule has 0 aliphatic rings. The highest BCUT2D eigenvalue weighted by atomic mass is 79.9. The average molecular weight is 762 g/mol. The first-order valence-corrected chi connectivity index (χ1v) is 16.0. The van der Waals surface area contributed by atoms with Crippen LogP contribution >= 0.6 is 15.9 Å². The lowest BCUT2D eigenvalue weighted by Gasteiger charge is -2.16. The van der Waals surface area contributed by atoms with Gasteiger partial charge >= 0.3 is 5.97 Å². The van der Waals surface area contributed by atoms with Crippen molar-refractivity contribution in [1.82, 2.24) is 15.5 Å². The summed E-state index contributed by atoms with van der Waals surface area (Å²) in [5, 5.41) is 9.02. The minimum Gasteiger partial charge on any atom is -0.497 e. The summed E-state index contributed by atoms with van der Waals surface area (Å²) in [4.78, 5) is 47.8. The molecule has 0 saturated carbocycles. The molecule has 0 aliphatic heterocycles. The Hall–Kier alpha value is -6.15. The Balaban J connectivity index is 0.000000244. The van der Waals surface area contributed by atoms with Gasteiger partial charge in [-0.25, -0.2) is 4.39 Å². The van der Waals surface area contributed by atoms with Crippen molar-refractivity contribution < 1.29 is 42.9 Å². The van der Waals surface area contributed by atoms with Gasteiger partial charge in [0.25, 0.3) is 17.7 Å². The number of halogens is 2. The van der Waals surface area contributed by atoms with Gasteiger partial charge in [-0.2, -0.15) is 0 Å². The highest BCUT2D eigenvalue weighted by molar-refractivity contribution is 9.10.